The first-order chi connectivity index (χ1) is 9.44. The van der Waals surface area contributed by atoms with Crippen molar-refractivity contribution in [3.05, 3.63) is 27.7 Å². The molecule has 1 saturated carbocycles. The molecule has 20 heavy (non-hydrogen) atoms. The van der Waals surface area contributed by atoms with E-state index in [1.165, 1.54) is 0 Å². The molecule has 0 bridgehead atoms. The number of halogens is 2. The number of hydrogen-bond donors (Lipinski definition) is 2. The molecule has 0 aromatic heterocycles. The second kappa shape index (κ2) is 6.02. The van der Waals surface area contributed by atoms with Crippen molar-refractivity contribution in [3.63, 3.8) is 0 Å². The van der Waals surface area contributed by atoms with Crippen LogP contribution in [0.25, 0.3) is 0 Å². The Hall–Kier alpha value is -1.25. The molecule has 0 radical (unpaired) electrons. The molecule has 2 N–H and O–H groups in total. The second-order valence-corrected chi connectivity index (χ2v) is 6.44. The lowest BCUT2D eigenvalue weighted by Crippen LogP contribution is -2.48. The van der Waals surface area contributed by atoms with E-state index in [9.17, 15) is 10.1 Å². The molecule has 1 unspecified atom stereocenters. The van der Waals surface area contributed by atoms with Gasteiger partial charge in [0.05, 0.1) is 23.3 Å². The fraction of sp³-hybridized carbons (Fsp3) is 0.429. The van der Waals surface area contributed by atoms with Crippen LogP contribution < -0.4 is 10.6 Å². The molecule has 0 saturated heterocycles. The van der Waals surface area contributed by atoms with Crippen LogP contribution in [-0.2, 0) is 4.79 Å². The Balaban J connectivity index is 1.90. The second-order valence-electron chi connectivity index (χ2n) is 5.11. The van der Waals surface area contributed by atoms with Crippen LogP contribution in [0.5, 0.6) is 0 Å². The molecule has 1 fully saturated rings. The van der Waals surface area contributed by atoms with E-state index in [0.29, 0.717) is 10.7 Å². The predicted octanol–water partition coefficient (Wildman–Crippen LogP) is 3.32. The topological polar surface area (TPSA) is 64.9 Å². The first-order valence-corrected chi connectivity index (χ1v) is 7.53. The monoisotopic (exact) mass is 355 g/mol. The fourth-order valence-corrected chi connectivity index (χ4v) is 2.76. The van der Waals surface area contributed by atoms with E-state index in [1.54, 1.807) is 19.1 Å². The molecule has 0 heterocycles. The molecule has 1 aliphatic carbocycles. The summed E-state index contributed by atoms with van der Waals surface area (Å²) in [7, 11) is 0. The number of nitrogens with one attached hydrogen (secondary N) is 2. The molecule has 6 heteroatoms. The quantitative estimate of drug-likeness (QED) is 0.850. The Labute approximate surface area is 131 Å². The number of benzene rings is 1. The van der Waals surface area contributed by atoms with Crippen molar-refractivity contribution in [3.8, 4) is 6.07 Å². The van der Waals surface area contributed by atoms with E-state index in [0.717, 1.165) is 17.3 Å². The van der Waals surface area contributed by atoms with Gasteiger partial charge in [-0.15, -0.1) is 0 Å². The summed E-state index contributed by atoms with van der Waals surface area (Å²) in [6.45, 7) is 1.86. The normalized spacial score (nSPS) is 16.9. The van der Waals surface area contributed by atoms with E-state index < -0.39 is 5.54 Å². The van der Waals surface area contributed by atoms with Crippen LogP contribution in [0.3, 0.4) is 0 Å². The van der Waals surface area contributed by atoms with Crippen molar-refractivity contribution in [1.82, 2.24) is 5.32 Å². The van der Waals surface area contributed by atoms with Gasteiger partial charge in [-0.3, -0.25) is 4.79 Å². The van der Waals surface area contributed by atoms with Gasteiger partial charge in [0.1, 0.15) is 5.54 Å². The number of nitriles is 1. The zero-order valence-corrected chi connectivity index (χ0v) is 13.4. The van der Waals surface area contributed by atoms with E-state index in [2.05, 4.69) is 32.6 Å². The Morgan fingerprint density at radius 2 is 2.30 bits per heavy atom. The van der Waals surface area contributed by atoms with Gasteiger partial charge < -0.3 is 10.6 Å². The van der Waals surface area contributed by atoms with E-state index in [1.807, 2.05) is 6.07 Å². The van der Waals surface area contributed by atoms with E-state index in [4.69, 9.17) is 11.6 Å². The standard InChI is InChI=1S/C14H15BrClN3O/c1-14(8-17,9-2-3-9)19-13(20)7-18-12-5-4-10(15)6-11(12)16/h4-6,9,18H,2-3,7H2,1H3,(H,19,20). The van der Waals surface area contributed by atoms with Crippen LogP contribution in [0.4, 0.5) is 5.69 Å². The summed E-state index contributed by atoms with van der Waals surface area (Å²) >= 11 is 9.38. The SMILES string of the molecule is CC(C#N)(NC(=O)CNc1ccc(Br)cc1Cl)C1CC1. The summed E-state index contributed by atoms with van der Waals surface area (Å²) in [6.07, 6.45) is 1.99. The van der Waals surface area contributed by atoms with E-state index >= 15 is 0 Å². The lowest BCUT2D eigenvalue weighted by molar-refractivity contribution is -0.120. The van der Waals surface area contributed by atoms with Gasteiger partial charge >= 0.3 is 0 Å². The number of amides is 1. The molecule has 1 aromatic rings. The van der Waals surface area contributed by atoms with Gasteiger partial charge in [-0.05, 0) is 43.9 Å². The minimum atomic E-state index is -0.762. The van der Waals surface area contributed by atoms with Crippen molar-refractivity contribution in [2.45, 2.75) is 25.3 Å². The molecule has 1 aromatic carbocycles. The highest BCUT2D eigenvalue weighted by atomic mass is 79.9. The smallest absolute Gasteiger partial charge is 0.240 e. The molecule has 2 rings (SSSR count). The Bertz CT molecular complexity index is 568. The van der Waals surface area contributed by atoms with E-state index in [-0.39, 0.29) is 18.4 Å². The molecule has 0 aliphatic heterocycles. The maximum atomic E-state index is 11.9. The van der Waals surface area contributed by atoms with Gasteiger partial charge in [0.25, 0.3) is 0 Å². The highest BCUT2D eigenvalue weighted by molar-refractivity contribution is 9.10. The summed E-state index contributed by atoms with van der Waals surface area (Å²) in [5, 5.41) is 15.5. The zero-order valence-electron chi connectivity index (χ0n) is 11.0. The third-order valence-electron chi connectivity index (χ3n) is 3.40. The summed E-state index contributed by atoms with van der Waals surface area (Å²) in [4.78, 5) is 11.9. The van der Waals surface area contributed by atoms with Crippen molar-refractivity contribution in [2.75, 3.05) is 11.9 Å². The summed E-state index contributed by atoms with van der Waals surface area (Å²) in [5.74, 6) is 0.0626. The average molecular weight is 357 g/mol. The summed E-state index contributed by atoms with van der Waals surface area (Å²) < 4.78 is 0.878. The third kappa shape index (κ3) is 3.65. The fourth-order valence-electron chi connectivity index (χ4n) is 2.02. The molecule has 1 atom stereocenters. The maximum absolute atomic E-state index is 11.9. The number of carbonyl (C=O) groups is 1. The third-order valence-corrected chi connectivity index (χ3v) is 4.20. The number of carbonyl (C=O) groups excluding carboxylic acids is 1. The average Bonchev–Trinajstić information content (AvgIpc) is 3.22. The Morgan fingerprint density at radius 3 is 2.85 bits per heavy atom. The predicted molar refractivity (Wildman–Crippen MR) is 82.5 cm³/mol. The number of anilines is 1. The van der Waals surface area contributed by atoms with Gasteiger partial charge in [0.15, 0.2) is 0 Å². The van der Waals surface area contributed by atoms with Gasteiger partial charge in [-0.1, -0.05) is 27.5 Å². The highest BCUT2D eigenvalue weighted by Gasteiger charge is 2.42. The largest absolute Gasteiger partial charge is 0.375 e. The van der Waals surface area contributed by atoms with Crippen molar-refractivity contribution >= 4 is 39.1 Å². The van der Waals surface area contributed by atoms with Crippen LogP contribution in [0.15, 0.2) is 22.7 Å². The zero-order chi connectivity index (χ0) is 14.8. The number of nitrogens with zero attached hydrogens (tertiary/aromatic N) is 1. The van der Waals surface area contributed by atoms with Gasteiger partial charge in [0.2, 0.25) is 5.91 Å². The Morgan fingerprint density at radius 1 is 1.60 bits per heavy atom. The minimum absolute atomic E-state index is 0.0886. The lowest BCUT2D eigenvalue weighted by atomic mass is 9.98. The van der Waals surface area contributed by atoms with Crippen LogP contribution in [0.1, 0.15) is 19.8 Å². The molecule has 4 nitrogen and oxygen atoms in total. The molecular weight excluding hydrogens is 342 g/mol. The lowest BCUT2D eigenvalue weighted by Gasteiger charge is -2.23. The van der Waals surface area contributed by atoms with Crippen molar-refractivity contribution < 1.29 is 4.79 Å². The number of hydrogen-bond acceptors (Lipinski definition) is 3. The summed E-state index contributed by atoms with van der Waals surface area (Å²) in [5.41, 5.74) is -0.0717. The number of rotatable bonds is 5. The molecule has 106 valence electrons. The molecule has 1 amide bonds. The van der Waals surface area contributed by atoms with Crippen LogP contribution in [-0.4, -0.2) is 18.0 Å². The first-order valence-electron chi connectivity index (χ1n) is 6.36. The van der Waals surface area contributed by atoms with Crippen molar-refractivity contribution in [1.29, 1.82) is 5.26 Å². The van der Waals surface area contributed by atoms with Crippen molar-refractivity contribution in [2.24, 2.45) is 5.92 Å². The minimum Gasteiger partial charge on any atom is -0.375 e. The van der Waals surface area contributed by atoms with Gasteiger partial charge in [0, 0.05) is 4.47 Å². The molecule has 1 aliphatic rings. The first kappa shape index (κ1) is 15.1. The molecule has 0 spiro atoms. The molecular formula is C14H15BrClN3O. The highest BCUT2D eigenvalue weighted by Crippen LogP contribution is 2.39. The maximum Gasteiger partial charge on any atom is 0.240 e. The van der Waals surface area contributed by atoms with Gasteiger partial charge in [-0.25, -0.2) is 0 Å². The van der Waals surface area contributed by atoms with Crippen LogP contribution >= 0.6 is 27.5 Å². The Kier molecular flexibility index (Phi) is 4.56. The van der Waals surface area contributed by atoms with Gasteiger partial charge in [-0.2, -0.15) is 5.26 Å². The summed E-state index contributed by atoms with van der Waals surface area (Å²) in [6, 6.07) is 7.59. The van der Waals surface area contributed by atoms with Crippen LogP contribution in [0, 0.1) is 17.2 Å². The van der Waals surface area contributed by atoms with Crippen LogP contribution in [0.2, 0.25) is 5.02 Å².